The number of hydrazine groups is 1. The van der Waals surface area contributed by atoms with E-state index >= 15 is 0 Å². The van der Waals surface area contributed by atoms with Crippen molar-refractivity contribution in [2.24, 2.45) is 5.92 Å². The fraction of sp³-hybridized carbons (Fsp3) is 0.469. The van der Waals surface area contributed by atoms with Gasteiger partial charge in [-0.15, -0.1) is 13.2 Å². The van der Waals surface area contributed by atoms with Crippen molar-refractivity contribution in [3.8, 4) is 6.07 Å². The molecule has 1 aliphatic heterocycles. The summed E-state index contributed by atoms with van der Waals surface area (Å²) in [5, 5.41) is 18.2. The summed E-state index contributed by atoms with van der Waals surface area (Å²) in [6.45, 7) is 21.2. The predicted molar refractivity (Wildman–Crippen MR) is 175 cm³/mol. The minimum absolute atomic E-state index is 0.00808. The van der Waals surface area contributed by atoms with Gasteiger partial charge in [0, 0.05) is 64.5 Å². The van der Waals surface area contributed by atoms with Crippen molar-refractivity contribution in [1.82, 2.24) is 30.1 Å². The molecule has 256 valence electrons. The first-order valence-electron chi connectivity index (χ1n) is 15.1. The Hall–Kier alpha value is -4.03. The number of piperazine rings is 1. The Morgan fingerprint density at radius 3 is 2.21 bits per heavy atom. The molecule has 2 heterocycles. The lowest BCUT2D eigenvalue weighted by Crippen LogP contribution is -2.46. The fourth-order valence-electron chi connectivity index (χ4n) is 4.67. The molecule has 11 nitrogen and oxygen atoms in total. The number of alkyl halides is 3. The molecule has 0 aliphatic carbocycles. The summed E-state index contributed by atoms with van der Waals surface area (Å²) in [5.41, 5.74) is 4.61. The Morgan fingerprint density at radius 1 is 1.13 bits per heavy atom. The largest absolute Gasteiger partial charge is 0.490 e. The van der Waals surface area contributed by atoms with Crippen molar-refractivity contribution in [3.05, 3.63) is 77.7 Å². The van der Waals surface area contributed by atoms with Gasteiger partial charge in [0.05, 0.1) is 6.20 Å². The molecule has 47 heavy (non-hydrogen) atoms. The predicted octanol–water partition coefficient (Wildman–Crippen LogP) is 4.62. The van der Waals surface area contributed by atoms with E-state index in [1.54, 1.807) is 5.01 Å². The van der Waals surface area contributed by atoms with Gasteiger partial charge in [-0.3, -0.25) is 25.0 Å². The molecule has 0 unspecified atom stereocenters. The standard InChI is InChI=1S/C30H41ClN8O.C2HF3O2/c1-5-12-36(13-6-2)14-7-15-37-16-18-38(19-17-37)23-25-8-10-26(11-9-25)30(40)35-39(22-24(3)4)29-27(31)21-33-28(20-32)34-29;3-2(4,5)1(6)7/h5-6,8-11,21,24H,1-2,7,12-19,22-23H2,3-4H3,(H,35,40);(H,6,7). The van der Waals surface area contributed by atoms with Crippen LogP contribution in [0, 0.1) is 17.2 Å². The Labute approximate surface area is 278 Å². The number of nitrogens with zero attached hydrogens (tertiary/aromatic N) is 7. The van der Waals surface area contributed by atoms with Crippen LogP contribution in [0.5, 0.6) is 0 Å². The molecule has 1 aromatic carbocycles. The van der Waals surface area contributed by atoms with Crippen LogP contribution in [0.25, 0.3) is 0 Å². The first-order chi connectivity index (χ1) is 22.3. The molecule has 1 aliphatic rings. The van der Waals surface area contributed by atoms with Crippen LogP contribution in [0.3, 0.4) is 0 Å². The van der Waals surface area contributed by atoms with Gasteiger partial charge < -0.3 is 10.0 Å². The maximum Gasteiger partial charge on any atom is 0.490 e. The molecule has 2 N–H and O–H groups in total. The third-order valence-corrected chi connectivity index (χ3v) is 7.19. The molecule has 0 spiro atoms. The van der Waals surface area contributed by atoms with Gasteiger partial charge in [-0.05, 0) is 36.6 Å². The maximum absolute atomic E-state index is 13.1. The quantitative estimate of drug-likeness (QED) is 0.203. The molecule has 0 atom stereocenters. The lowest BCUT2D eigenvalue weighted by atomic mass is 10.1. The maximum atomic E-state index is 13.1. The fourth-order valence-corrected chi connectivity index (χ4v) is 4.86. The number of carbonyl (C=O) groups excluding carboxylic acids is 1. The Kier molecular flexibility index (Phi) is 16.3. The zero-order chi connectivity index (χ0) is 35.0. The highest BCUT2D eigenvalue weighted by Crippen LogP contribution is 2.22. The highest BCUT2D eigenvalue weighted by Gasteiger charge is 2.38. The van der Waals surface area contributed by atoms with Crippen LogP contribution in [-0.2, 0) is 11.3 Å². The second kappa shape index (κ2) is 19.6. The van der Waals surface area contributed by atoms with Crippen molar-refractivity contribution in [2.75, 3.05) is 63.9 Å². The number of hydrogen-bond acceptors (Lipinski definition) is 9. The Bertz CT molecular complexity index is 1350. The normalized spacial score (nSPS) is 13.8. The van der Waals surface area contributed by atoms with E-state index in [2.05, 4.69) is 43.3 Å². The second-order valence-corrected chi connectivity index (χ2v) is 11.6. The number of carboxylic acids is 1. The number of carbonyl (C=O) groups is 2. The summed E-state index contributed by atoms with van der Waals surface area (Å²) >= 11 is 6.30. The van der Waals surface area contributed by atoms with Gasteiger partial charge in [0.1, 0.15) is 11.1 Å². The molecule has 15 heteroatoms. The van der Waals surface area contributed by atoms with Crippen LogP contribution in [0.4, 0.5) is 19.0 Å². The summed E-state index contributed by atoms with van der Waals surface area (Å²) in [7, 11) is 0. The topological polar surface area (TPSA) is 129 Å². The van der Waals surface area contributed by atoms with Crippen LogP contribution < -0.4 is 10.4 Å². The van der Waals surface area contributed by atoms with Crippen LogP contribution in [0.2, 0.25) is 5.02 Å². The van der Waals surface area contributed by atoms with E-state index in [0.717, 1.165) is 65.3 Å². The summed E-state index contributed by atoms with van der Waals surface area (Å²) < 4.78 is 31.7. The van der Waals surface area contributed by atoms with E-state index in [4.69, 9.17) is 21.5 Å². The molecule has 0 bridgehead atoms. The number of halogens is 4. The zero-order valence-electron chi connectivity index (χ0n) is 26.7. The minimum atomic E-state index is -5.08. The van der Waals surface area contributed by atoms with E-state index in [0.29, 0.717) is 17.9 Å². The van der Waals surface area contributed by atoms with Crippen molar-refractivity contribution in [1.29, 1.82) is 5.26 Å². The van der Waals surface area contributed by atoms with Crippen molar-refractivity contribution in [3.63, 3.8) is 0 Å². The molecular weight excluding hydrogens is 637 g/mol. The number of amides is 1. The van der Waals surface area contributed by atoms with E-state index in [9.17, 15) is 23.2 Å². The number of benzene rings is 1. The van der Waals surface area contributed by atoms with Gasteiger partial charge in [-0.1, -0.05) is 49.7 Å². The molecule has 1 fully saturated rings. The highest BCUT2D eigenvalue weighted by atomic mass is 35.5. The summed E-state index contributed by atoms with van der Waals surface area (Å²) in [6, 6.07) is 9.62. The number of anilines is 1. The van der Waals surface area contributed by atoms with Gasteiger partial charge >= 0.3 is 12.1 Å². The number of hydrogen-bond donors (Lipinski definition) is 2. The van der Waals surface area contributed by atoms with Crippen LogP contribution in [-0.4, -0.2) is 107 Å². The van der Waals surface area contributed by atoms with Crippen LogP contribution >= 0.6 is 11.6 Å². The molecule has 3 rings (SSSR count). The molecule has 0 saturated carbocycles. The second-order valence-electron chi connectivity index (χ2n) is 11.2. The molecule has 0 radical (unpaired) electrons. The smallest absolute Gasteiger partial charge is 0.475 e. The monoisotopic (exact) mass is 678 g/mol. The third-order valence-electron chi connectivity index (χ3n) is 6.92. The Morgan fingerprint density at radius 2 is 1.70 bits per heavy atom. The van der Waals surface area contributed by atoms with E-state index in [-0.39, 0.29) is 22.7 Å². The van der Waals surface area contributed by atoms with Gasteiger partial charge in [0.15, 0.2) is 5.82 Å². The van der Waals surface area contributed by atoms with E-state index in [1.807, 2.05) is 56.3 Å². The van der Waals surface area contributed by atoms with Crippen molar-refractivity contribution < 1.29 is 27.9 Å². The average Bonchev–Trinajstić information content (AvgIpc) is 3.02. The van der Waals surface area contributed by atoms with E-state index in [1.165, 1.54) is 11.8 Å². The zero-order valence-corrected chi connectivity index (χ0v) is 27.5. The molecule has 1 amide bonds. The number of nitrogens with one attached hydrogen (secondary N) is 1. The van der Waals surface area contributed by atoms with Gasteiger partial charge in [0.25, 0.3) is 5.91 Å². The van der Waals surface area contributed by atoms with E-state index < -0.39 is 12.1 Å². The van der Waals surface area contributed by atoms with Crippen LogP contribution in [0.15, 0.2) is 55.8 Å². The number of nitriles is 1. The molecule has 1 aromatic heterocycles. The molecule has 2 aromatic rings. The number of aromatic nitrogens is 2. The lowest BCUT2D eigenvalue weighted by molar-refractivity contribution is -0.192. The average molecular weight is 679 g/mol. The van der Waals surface area contributed by atoms with Gasteiger partial charge in [-0.2, -0.15) is 23.4 Å². The lowest BCUT2D eigenvalue weighted by Gasteiger charge is -2.35. The molecule has 1 saturated heterocycles. The number of carboxylic acid groups (broad SMARTS) is 1. The van der Waals surface area contributed by atoms with Crippen molar-refractivity contribution in [2.45, 2.75) is 33.0 Å². The van der Waals surface area contributed by atoms with Gasteiger partial charge in [-0.25, -0.2) is 9.78 Å². The first kappa shape index (κ1) is 39.1. The Balaban J connectivity index is 0.000000984. The van der Waals surface area contributed by atoms with Crippen LogP contribution in [0.1, 0.15) is 42.0 Å². The highest BCUT2D eigenvalue weighted by molar-refractivity contribution is 6.32. The summed E-state index contributed by atoms with van der Waals surface area (Å²) in [4.78, 5) is 37.4. The minimum Gasteiger partial charge on any atom is -0.475 e. The third kappa shape index (κ3) is 14.1. The first-order valence-corrected chi connectivity index (χ1v) is 15.4. The molecular formula is C32H42ClF3N8O3. The number of aliphatic carboxylic acids is 1. The van der Waals surface area contributed by atoms with Gasteiger partial charge in [0.2, 0.25) is 5.82 Å². The number of rotatable bonds is 15. The summed E-state index contributed by atoms with van der Waals surface area (Å²) in [6.07, 6.45) is 1.33. The SMILES string of the molecule is C=CCN(CC=C)CCCN1CCN(Cc2ccc(C(=O)NN(CC(C)C)c3nc(C#N)ncc3Cl)cc2)CC1.O=C(O)C(F)(F)F. The summed E-state index contributed by atoms with van der Waals surface area (Å²) in [5.74, 6) is -2.52. The van der Waals surface area contributed by atoms with Crippen molar-refractivity contribution >= 4 is 29.3 Å².